The summed E-state index contributed by atoms with van der Waals surface area (Å²) in [5.74, 6) is -1.06. The molecule has 8 rings (SSSR count). The van der Waals surface area contributed by atoms with Crippen LogP contribution in [0.4, 0.5) is 5.69 Å². The molecule has 5 aliphatic heterocycles. The van der Waals surface area contributed by atoms with Gasteiger partial charge in [0.1, 0.15) is 29.4 Å². The van der Waals surface area contributed by atoms with E-state index in [4.69, 9.17) is 32.4 Å². The second-order valence-electron chi connectivity index (χ2n) is 16.6. The van der Waals surface area contributed by atoms with Gasteiger partial charge in [0.25, 0.3) is 17.7 Å². The van der Waals surface area contributed by atoms with Crippen LogP contribution >= 0.6 is 11.6 Å². The number of amides is 5. The van der Waals surface area contributed by atoms with Crippen LogP contribution in [-0.4, -0.2) is 119 Å². The Labute approximate surface area is 347 Å². The van der Waals surface area contributed by atoms with Gasteiger partial charge in [-0.2, -0.15) is 5.26 Å². The van der Waals surface area contributed by atoms with Crippen molar-refractivity contribution < 1.29 is 28.7 Å². The molecule has 4 N–H and O–H groups in total. The molecule has 5 heterocycles. The number of anilines is 1. The largest absolute Gasteiger partial charge is 0.490 e. The molecule has 6 aliphatic rings. The standard InChI is InChI=1S/C43H48ClN9O6/c44-35-20-32(7-1-26(35)21-45)59-31-8-2-27(3-9-31)48-40(55)36(46)11-13-38(47)51-17-15-25(16-18-51)22-50-23-29-4-5-30(24-50)52(29)28-6-10-33-34(19-28)43(58)53(42(33)57)37-12-14-39(54)49-41(37)56/h1,6-7,10-11,13,19-20,25,27,29-31,37,46-47H,2-5,8-9,12,14-18,22-24H2,(H,48,55)(H,49,54,56)/b13-11-,46-36?,47-38?. The smallest absolute Gasteiger partial charge is 0.269 e. The Morgan fingerprint density at radius 1 is 0.898 bits per heavy atom. The van der Waals surface area contributed by atoms with E-state index >= 15 is 0 Å². The van der Waals surface area contributed by atoms with Crippen LogP contribution in [0.1, 0.15) is 90.5 Å². The molecule has 1 saturated carbocycles. The Hall–Kier alpha value is -5.59. The third kappa shape index (κ3) is 8.47. The van der Waals surface area contributed by atoms with Crippen molar-refractivity contribution in [2.45, 2.75) is 94.5 Å². The molecule has 0 spiro atoms. The van der Waals surface area contributed by atoms with E-state index in [1.165, 1.54) is 6.08 Å². The maximum Gasteiger partial charge on any atom is 0.269 e. The van der Waals surface area contributed by atoms with Gasteiger partial charge in [-0.15, -0.1) is 0 Å². The van der Waals surface area contributed by atoms with Crippen molar-refractivity contribution >= 4 is 58.4 Å². The minimum absolute atomic E-state index is 0.0226. The first-order chi connectivity index (χ1) is 28.4. The first-order valence-electron chi connectivity index (χ1n) is 20.6. The first kappa shape index (κ1) is 40.2. The fraction of sp³-hybridized carbons (Fsp3) is 0.488. The van der Waals surface area contributed by atoms with E-state index in [9.17, 15) is 24.0 Å². The predicted octanol–water partition coefficient (Wildman–Crippen LogP) is 4.04. The summed E-state index contributed by atoms with van der Waals surface area (Å²) in [6.45, 7) is 4.23. The van der Waals surface area contributed by atoms with Crippen molar-refractivity contribution in [2.24, 2.45) is 5.92 Å². The average molecular weight is 822 g/mol. The van der Waals surface area contributed by atoms with Crippen molar-refractivity contribution in [3.05, 3.63) is 70.3 Å². The van der Waals surface area contributed by atoms with E-state index in [0.717, 1.165) is 81.8 Å². The van der Waals surface area contributed by atoms with Crippen LogP contribution in [0.5, 0.6) is 5.75 Å². The highest BCUT2D eigenvalue weighted by atomic mass is 35.5. The molecule has 0 aromatic heterocycles. The van der Waals surface area contributed by atoms with Gasteiger partial charge in [0, 0.05) is 69.0 Å². The highest BCUT2D eigenvalue weighted by Crippen LogP contribution is 2.38. The first-order valence-corrected chi connectivity index (χ1v) is 21.0. The van der Waals surface area contributed by atoms with Gasteiger partial charge in [0.15, 0.2) is 0 Å². The number of ether oxygens (including phenoxy) is 1. The normalized spacial score (nSPS) is 26.2. The van der Waals surface area contributed by atoms with Crippen LogP contribution in [0.15, 0.2) is 48.6 Å². The molecule has 3 atom stereocenters. The molecule has 5 amide bonds. The zero-order valence-electron chi connectivity index (χ0n) is 32.8. The molecule has 16 heteroatoms. The summed E-state index contributed by atoms with van der Waals surface area (Å²) in [6, 6.07) is 12.0. The number of nitrogens with one attached hydrogen (secondary N) is 4. The number of likely N-dealkylation sites (tertiary alicyclic amines) is 2. The number of carbonyl (C=O) groups excluding carboxylic acids is 5. The number of fused-ring (bicyclic) bond motifs is 3. The Kier molecular flexibility index (Phi) is 11.5. The molecule has 5 fully saturated rings. The number of carbonyl (C=O) groups is 5. The Bertz CT molecular complexity index is 2140. The van der Waals surface area contributed by atoms with Crippen LogP contribution in [-0.2, 0) is 14.4 Å². The number of imide groups is 2. The molecular weight excluding hydrogens is 774 g/mol. The number of nitrogens with zero attached hydrogens (tertiary/aromatic N) is 5. The van der Waals surface area contributed by atoms with Crippen LogP contribution in [0.3, 0.4) is 0 Å². The summed E-state index contributed by atoms with van der Waals surface area (Å²) in [6.07, 6.45) is 10.0. The Balaban J connectivity index is 0.761. The second kappa shape index (κ2) is 16.9. The van der Waals surface area contributed by atoms with Crippen LogP contribution in [0.25, 0.3) is 0 Å². The third-order valence-corrected chi connectivity index (χ3v) is 13.1. The van der Waals surface area contributed by atoms with Crippen LogP contribution < -0.4 is 20.3 Å². The Morgan fingerprint density at radius 2 is 1.61 bits per heavy atom. The number of piperazine rings is 1. The molecule has 4 saturated heterocycles. The molecule has 308 valence electrons. The Morgan fingerprint density at radius 3 is 2.29 bits per heavy atom. The molecule has 15 nitrogen and oxygen atoms in total. The van der Waals surface area contributed by atoms with Crippen LogP contribution in [0.2, 0.25) is 5.02 Å². The second-order valence-corrected chi connectivity index (χ2v) is 17.0. The van der Waals surface area contributed by atoms with Gasteiger partial charge in [0.2, 0.25) is 11.8 Å². The molecule has 2 bridgehead atoms. The topological polar surface area (TPSA) is 203 Å². The van der Waals surface area contributed by atoms with Crippen molar-refractivity contribution in [2.75, 3.05) is 37.6 Å². The number of hydrogen-bond donors (Lipinski definition) is 4. The lowest BCUT2D eigenvalue weighted by atomic mass is 9.92. The molecule has 59 heavy (non-hydrogen) atoms. The van der Waals surface area contributed by atoms with Crippen LogP contribution in [0, 0.1) is 28.1 Å². The fourth-order valence-corrected chi connectivity index (χ4v) is 9.90. The zero-order chi connectivity index (χ0) is 41.4. The van der Waals surface area contributed by atoms with Gasteiger partial charge in [-0.05, 0) is 106 Å². The summed E-state index contributed by atoms with van der Waals surface area (Å²) in [7, 11) is 0. The molecule has 1 aliphatic carbocycles. The van der Waals surface area contributed by atoms with Crippen molar-refractivity contribution in [3.8, 4) is 11.8 Å². The van der Waals surface area contributed by atoms with Gasteiger partial charge in [-0.1, -0.05) is 11.6 Å². The number of amidine groups is 1. The summed E-state index contributed by atoms with van der Waals surface area (Å²) >= 11 is 6.13. The minimum Gasteiger partial charge on any atom is -0.490 e. The summed E-state index contributed by atoms with van der Waals surface area (Å²) < 4.78 is 6.05. The van der Waals surface area contributed by atoms with E-state index in [2.05, 4.69) is 20.4 Å². The summed E-state index contributed by atoms with van der Waals surface area (Å²) in [4.78, 5) is 71.6. The lowest BCUT2D eigenvalue weighted by molar-refractivity contribution is -0.136. The van der Waals surface area contributed by atoms with Gasteiger partial charge < -0.3 is 19.9 Å². The third-order valence-electron chi connectivity index (χ3n) is 12.8. The van der Waals surface area contributed by atoms with Gasteiger partial charge in [-0.25, -0.2) is 0 Å². The molecule has 2 aromatic rings. The number of hydrogen-bond acceptors (Lipinski definition) is 11. The molecule has 3 unspecified atom stereocenters. The number of rotatable bonds is 10. The maximum absolute atomic E-state index is 13.5. The predicted molar refractivity (Wildman–Crippen MR) is 219 cm³/mol. The molecule has 0 radical (unpaired) electrons. The molecule has 2 aromatic carbocycles. The minimum atomic E-state index is -0.987. The van der Waals surface area contributed by atoms with Gasteiger partial charge >= 0.3 is 0 Å². The van der Waals surface area contributed by atoms with E-state index < -0.39 is 35.6 Å². The monoisotopic (exact) mass is 821 g/mol. The number of benzene rings is 2. The van der Waals surface area contributed by atoms with E-state index in [0.29, 0.717) is 52.1 Å². The number of halogens is 1. The van der Waals surface area contributed by atoms with Crippen molar-refractivity contribution in [1.29, 1.82) is 16.1 Å². The zero-order valence-corrected chi connectivity index (χ0v) is 33.5. The quantitative estimate of drug-likeness (QED) is 0.154. The lowest BCUT2D eigenvalue weighted by Crippen LogP contribution is -2.55. The number of nitriles is 1. The maximum atomic E-state index is 13.5. The van der Waals surface area contributed by atoms with E-state index in [1.807, 2.05) is 17.0 Å². The van der Waals surface area contributed by atoms with Gasteiger partial charge in [-0.3, -0.25) is 49.9 Å². The highest BCUT2D eigenvalue weighted by molar-refractivity contribution is 6.42. The molecular formula is C43H48ClN9O6. The fourth-order valence-electron chi connectivity index (χ4n) is 9.69. The summed E-state index contributed by atoms with van der Waals surface area (Å²) in [5.41, 5.74) is 1.72. The lowest BCUT2D eigenvalue weighted by Gasteiger charge is -2.44. The van der Waals surface area contributed by atoms with Crippen molar-refractivity contribution in [3.63, 3.8) is 0 Å². The van der Waals surface area contributed by atoms with E-state index in [-0.39, 0.29) is 42.8 Å². The summed E-state index contributed by atoms with van der Waals surface area (Å²) in [5, 5.41) is 31.6. The highest BCUT2D eigenvalue weighted by Gasteiger charge is 2.46. The van der Waals surface area contributed by atoms with Gasteiger partial charge in [0.05, 0.1) is 27.8 Å². The average Bonchev–Trinajstić information content (AvgIpc) is 3.64. The SMILES string of the molecule is N#Cc1ccc(OC2CCC(NC(=O)C(=N)/C=C\C(=N)N3CCC(CN4CC5CCC(C4)N5c4ccc5c(c4)C(=O)N(C4CCC(=O)NC4=O)C5=O)CC3)CC2)cc1Cl. The number of piperidine rings is 2. The van der Waals surface area contributed by atoms with E-state index in [1.54, 1.807) is 36.4 Å². The van der Waals surface area contributed by atoms with Crippen molar-refractivity contribution in [1.82, 2.24) is 25.3 Å².